The Morgan fingerprint density at radius 2 is 1.67 bits per heavy atom. The standard InChI is InChI=1S/C49H59ClF3N11O5/c1-29-35(50)21-30(22-38(29)63-15-8-43(65)57-47(63)68)46(67)61-18-11-48(12-19-61)9-16-59(17-10-48)27-32-6-13-60(28-49(32,52)53)26-31-20-33(51)23-39-34(31)7-14-62(39)42-24-37(54-2)44-55-25-40(64(44)58-42)45(66)56-36-4-5-41(36)69-3/h20-25,32,36,41,54H,4-19,26-28H2,1-3H3,(H,56,66)(H,57,65,68)/t32?,36?,41-/m1/s1. The van der Waals surface area contributed by atoms with Crippen molar-refractivity contribution in [1.29, 1.82) is 0 Å². The number of anilines is 4. The van der Waals surface area contributed by atoms with Gasteiger partial charge in [0.05, 0.1) is 36.3 Å². The van der Waals surface area contributed by atoms with Gasteiger partial charge in [-0.15, -0.1) is 5.10 Å². The Morgan fingerprint density at radius 1 is 0.913 bits per heavy atom. The van der Waals surface area contributed by atoms with Crippen LogP contribution in [0.1, 0.15) is 88.9 Å². The van der Waals surface area contributed by atoms with E-state index in [1.54, 1.807) is 38.1 Å². The van der Waals surface area contributed by atoms with E-state index in [2.05, 4.69) is 25.8 Å². The normalized spacial score (nSPS) is 23.8. The number of nitrogens with zero attached hydrogens (tertiary/aromatic N) is 8. The van der Waals surface area contributed by atoms with E-state index in [9.17, 15) is 19.2 Å². The quantitative estimate of drug-likeness (QED) is 0.153. The van der Waals surface area contributed by atoms with Crippen LogP contribution in [0.5, 0.6) is 0 Å². The molecule has 3 atom stereocenters. The van der Waals surface area contributed by atoms with Gasteiger partial charge in [-0.2, -0.15) is 0 Å². The predicted octanol–water partition coefficient (Wildman–Crippen LogP) is 6.40. The number of hydrogen-bond acceptors (Lipinski definition) is 11. The van der Waals surface area contributed by atoms with Crippen LogP contribution in [0, 0.1) is 24.1 Å². The zero-order valence-electron chi connectivity index (χ0n) is 39.3. The Kier molecular flexibility index (Phi) is 12.8. The Bertz CT molecular complexity index is 2680. The van der Waals surface area contributed by atoms with Crippen molar-refractivity contribution in [1.82, 2.24) is 39.9 Å². The first-order chi connectivity index (χ1) is 33.1. The summed E-state index contributed by atoms with van der Waals surface area (Å²) in [7, 11) is 3.39. The lowest BCUT2D eigenvalue weighted by molar-refractivity contribution is -0.123. The number of rotatable bonds is 11. The average Bonchev–Trinajstić information content (AvgIpc) is 3.95. The fraction of sp³-hybridized carbons (Fsp3) is 0.551. The van der Waals surface area contributed by atoms with Gasteiger partial charge >= 0.3 is 6.03 Å². The van der Waals surface area contributed by atoms with E-state index in [1.807, 2.05) is 15.9 Å². The number of imidazole rings is 1. The number of urea groups is 1. The van der Waals surface area contributed by atoms with Crippen LogP contribution in [0.25, 0.3) is 5.65 Å². The lowest BCUT2D eigenvalue weighted by atomic mass is 9.71. The van der Waals surface area contributed by atoms with Crippen LogP contribution >= 0.6 is 11.6 Å². The number of nitrogens with one attached hydrogen (secondary N) is 3. The fourth-order valence-electron chi connectivity index (χ4n) is 11.4. The van der Waals surface area contributed by atoms with Gasteiger partial charge in [0, 0.05) is 88.1 Å². The molecule has 5 aliphatic heterocycles. The Morgan fingerprint density at radius 3 is 2.36 bits per heavy atom. The molecule has 7 heterocycles. The summed E-state index contributed by atoms with van der Waals surface area (Å²) in [4.78, 5) is 65.2. The number of piperidine rings is 3. The molecule has 2 aromatic carbocycles. The number of benzene rings is 2. The summed E-state index contributed by atoms with van der Waals surface area (Å²) < 4.78 is 54.7. The highest BCUT2D eigenvalue weighted by Crippen LogP contribution is 2.44. The predicted molar refractivity (Wildman–Crippen MR) is 254 cm³/mol. The number of imide groups is 1. The molecule has 4 aromatic rings. The number of hydrogen-bond donors (Lipinski definition) is 3. The number of halogens is 4. The highest BCUT2D eigenvalue weighted by Gasteiger charge is 2.47. The second-order valence-electron chi connectivity index (χ2n) is 19.8. The van der Waals surface area contributed by atoms with Gasteiger partial charge in [-0.25, -0.2) is 27.5 Å². The summed E-state index contributed by atoms with van der Waals surface area (Å²) in [5.74, 6) is -4.52. The number of alkyl halides is 2. The van der Waals surface area contributed by atoms with Crippen molar-refractivity contribution < 1.29 is 37.1 Å². The summed E-state index contributed by atoms with van der Waals surface area (Å²) in [6.45, 7) is 5.60. The van der Waals surface area contributed by atoms with E-state index in [1.165, 1.54) is 27.7 Å². The fourth-order valence-corrected chi connectivity index (χ4v) is 11.6. The molecule has 368 valence electrons. The molecule has 10 rings (SSSR count). The molecule has 2 unspecified atom stereocenters. The molecule has 20 heteroatoms. The first-order valence-corrected chi connectivity index (χ1v) is 24.5. The van der Waals surface area contributed by atoms with Gasteiger partial charge in [0.1, 0.15) is 5.82 Å². The molecular weight excluding hydrogens is 915 g/mol. The van der Waals surface area contributed by atoms with Gasteiger partial charge in [-0.05, 0) is 124 Å². The lowest BCUT2D eigenvalue weighted by Crippen LogP contribution is -2.53. The maximum Gasteiger partial charge on any atom is 0.328 e. The number of ether oxygens (including phenoxy) is 1. The monoisotopic (exact) mass is 973 g/mol. The van der Waals surface area contributed by atoms with Gasteiger partial charge in [0.15, 0.2) is 17.2 Å². The number of carbonyl (C=O) groups excluding carboxylic acids is 4. The average molecular weight is 975 g/mol. The van der Waals surface area contributed by atoms with Crippen LogP contribution in [0.2, 0.25) is 5.02 Å². The summed E-state index contributed by atoms with van der Waals surface area (Å²) >= 11 is 6.57. The molecule has 0 bridgehead atoms. The zero-order valence-corrected chi connectivity index (χ0v) is 40.0. The molecule has 5 amide bonds. The number of amides is 5. The minimum absolute atomic E-state index is 0.0369. The maximum atomic E-state index is 16.1. The van der Waals surface area contributed by atoms with E-state index in [0.717, 1.165) is 57.2 Å². The summed E-state index contributed by atoms with van der Waals surface area (Å²) in [6.07, 6.45) is 7.56. The third kappa shape index (κ3) is 9.11. The smallest absolute Gasteiger partial charge is 0.328 e. The first-order valence-electron chi connectivity index (χ1n) is 24.1. The molecule has 1 spiro atoms. The molecule has 0 radical (unpaired) electrons. The molecule has 6 aliphatic rings. The second kappa shape index (κ2) is 18.7. The van der Waals surface area contributed by atoms with Crippen LogP contribution < -0.4 is 25.8 Å². The van der Waals surface area contributed by atoms with Gasteiger partial charge in [0.2, 0.25) is 5.91 Å². The van der Waals surface area contributed by atoms with Crippen molar-refractivity contribution in [2.75, 3.05) is 88.2 Å². The molecule has 69 heavy (non-hydrogen) atoms. The lowest BCUT2D eigenvalue weighted by Gasteiger charge is -2.48. The number of likely N-dealkylation sites (tertiary alicyclic amines) is 3. The van der Waals surface area contributed by atoms with E-state index in [4.69, 9.17) is 21.4 Å². The van der Waals surface area contributed by atoms with E-state index < -0.39 is 30.2 Å². The molecule has 16 nitrogen and oxygen atoms in total. The topological polar surface area (TPSA) is 160 Å². The minimum atomic E-state index is -2.93. The van der Waals surface area contributed by atoms with Crippen molar-refractivity contribution in [3.8, 4) is 0 Å². The molecule has 2 aromatic heterocycles. The maximum absolute atomic E-state index is 16.1. The van der Waals surface area contributed by atoms with Crippen LogP contribution in [0.3, 0.4) is 0 Å². The van der Waals surface area contributed by atoms with Crippen LogP contribution in [-0.2, 0) is 22.5 Å². The summed E-state index contributed by atoms with van der Waals surface area (Å²) in [5.41, 5.74) is 5.15. The Labute approximate surface area is 403 Å². The van der Waals surface area contributed by atoms with E-state index in [-0.39, 0.29) is 60.5 Å². The van der Waals surface area contributed by atoms with Gasteiger partial charge in [0.25, 0.3) is 17.7 Å². The Balaban J connectivity index is 0.740. The van der Waals surface area contributed by atoms with Gasteiger partial charge in [-0.1, -0.05) is 11.6 Å². The van der Waals surface area contributed by atoms with E-state index >= 15 is 13.2 Å². The van der Waals surface area contributed by atoms with Crippen LogP contribution in [-0.4, -0.2) is 144 Å². The third-order valence-electron chi connectivity index (χ3n) is 15.9. The third-order valence-corrected chi connectivity index (χ3v) is 16.3. The van der Waals surface area contributed by atoms with Gasteiger partial charge in [-0.3, -0.25) is 29.5 Å². The van der Waals surface area contributed by atoms with E-state index in [0.29, 0.717) is 95.8 Å². The van der Waals surface area contributed by atoms with Crippen LogP contribution in [0.15, 0.2) is 36.5 Å². The van der Waals surface area contributed by atoms with Crippen molar-refractivity contribution >= 4 is 63.9 Å². The molecule has 5 fully saturated rings. The summed E-state index contributed by atoms with van der Waals surface area (Å²) in [5, 5.41) is 13.7. The largest absolute Gasteiger partial charge is 0.385 e. The number of aromatic nitrogens is 3. The van der Waals surface area contributed by atoms with Gasteiger partial charge < -0.3 is 30.1 Å². The van der Waals surface area contributed by atoms with Crippen LogP contribution in [0.4, 0.5) is 40.8 Å². The zero-order chi connectivity index (χ0) is 48.4. The molecule has 4 saturated heterocycles. The van der Waals surface area contributed by atoms with Crippen molar-refractivity contribution in [2.45, 2.75) is 89.3 Å². The number of fused-ring (bicyclic) bond motifs is 2. The second-order valence-corrected chi connectivity index (χ2v) is 20.3. The number of carbonyl (C=O) groups is 4. The first kappa shape index (κ1) is 47.2. The number of methoxy groups -OCH3 is 1. The molecular formula is C49H59ClF3N11O5. The van der Waals surface area contributed by atoms with Crippen molar-refractivity contribution in [3.63, 3.8) is 0 Å². The molecule has 1 saturated carbocycles. The summed E-state index contributed by atoms with van der Waals surface area (Å²) in [6, 6.07) is 7.43. The highest BCUT2D eigenvalue weighted by molar-refractivity contribution is 6.32. The van der Waals surface area contributed by atoms with Crippen molar-refractivity contribution in [2.24, 2.45) is 11.3 Å². The molecule has 1 aliphatic carbocycles. The SMILES string of the molecule is CNc1cc(N2CCc3c(CN4CCC(CN5CCC6(CC5)CCN(C(=O)c5cc(Cl)c(C)c(N7CCC(=O)NC7=O)c5)CC6)C(F)(F)C4)cc(F)cc32)nn2c(C(=O)NC3CC[C@H]3OC)cnc12. The minimum Gasteiger partial charge on any atom is -0.385 e. The highest BCUT2D eigenvalue weighted by atomic mass is 35.5. The van der Waals surface area contributed by atoms with Crippen molar-refractivity contribution in [3.05, 3.63) is 75.3 Å². The molecule has 3 N–H and O–H groups in total. The Hall–Kier alpha value is -5.50.